The predicted octanol–water partition coefficient (Wildman–Crippen LogP) is 2.92. The first-order valence-electron chi connectivity index (χ1n) is 2.97. The number of hydrogen-bond donors (Lipinski definition) is 1. The highest BCUT2D eigenvalue weighted by molar-refractivity contribution is 6.30. The van der Waals surface area contributed by atoms with E-state index in [2.05, 4.69) is 4.42 Å². The first kappa shape index (κ1) is 12.6. The molecule has 0 amide bonds. The molecule has 1 rings (SSSR count). The van der Waals surface area contributed by atoms with Crippen LogP contribution in [0, 0.1) is 0 Å². The molecule has 1 aromatic rings. The molecule has 76 valence electrons. The van der Waals surface area contributed by atoms with E-state index in [0.29, 0.717) is 0 Å². The standard InChI is InChI=1S/C6H5ClF3NO.ClH/c7-3-1-4(12-2-3)5(11)6(8,9)10;/h1-2,5H,11H2;1H. The van der Waals surface area contributed by atoms with Crippen LogP contribution in [0.25, 0.3) is 0 Å². The molecule has 0 aromatic carbocycles. The van der Waals surface area contributed by atoms with E-state index < -0.39 is 12.2 Å². The van der Waals surface area contributed by atoms with Crippen molar-refractivity contribution in [3.8, 4) is 0 Å². The largest absolute Gasteiger partial charge is 0.466 e. The number of halogens is 5. The Morgan fingerprint density at radius 1 is 1.46 bits per heavy atom. The van der Waals surface area contributed by atoms with Gasteiger partial charge < -0.3 is 10.2 Å². The Morgan fingerprint density at radius 3 is 2.31 bits per heavy atom. The van der Waals surface area contributed by atoms with Gasteiger partial charge in [0.1, 0.15) is 12.0 Å². The minimum atomic E-state index is -4.50. The zero-order valence-electron chi connectivity index (χ0n) is 6.14. The van der Waals surface area contributed by atoms with Crippen LogP contribution in [0.2, 0.25) is 5.02 Å². The molecule has 1 unspecified atom stereocenters. The smallest absolute Gasteiger partial charge is 0.410 e. The van der Waals surface area contributed by atoms with Crippen LogP contribution in [0.15, 0.2) is 16.7 Å². The molecule has 0 bridgehead atoms. The zero-order valence-corrected chi connectivity index (χ0v) is 7.71. The molecular formula is C6H6Cl2F3NO. The first-order valence-corrected chi connectivity index (χ1v) is 3.35. The van der Waals surface area contributed by atoms with Crippen molar-refractivity contribution in [3.05, 3.63) is 23.1 Å². The molecule has 0 fully saturated rings. The summed E-state index contributed by atoms with van der Waals surface area (Å²) in [6.07, 6.45) is -3.50. The van der Waals surface area contributed by atoms with Crippen molar-refractivity contribution in [3.63, 3.8) is 0 Å². The van der Waals surface area contributed by atoms with Gasteiger partial charge in [-0.15, -0.1) is 12.4 Å². The lowest BCUT2D eigenvalue weighted by Crippen LogP contribution is -2.27. The summed E-state index contributed by atoms with van der Waals surface area (Å²) in [5.74, 6) is -0.382. The summed E-state index contributed by atoms with van der Waals surface area (Å²) < 4.78 is 40.2. The number of furan rings is 1. The molecule has 7 heteroatoms. The molecule has 13 heavy (non-hydrogen) atoms. The van der Waals surface area contributed by atoms with Crippen molar-refractivity contribution in [2.75, 3.05) is 0 Å². The molecule has 0 saturated heterocycles. The molecule has 2 nitrogen and oxygen atoms in total. The van der Waals surface area contributed by atoms with E-state index in [9.17, 15) is 13.2 Å². The highest BCUT2D eigenvalue weighted by Gasteiger charge is 2.39. The van der Waals surface area contributed by atoms with E-state index in [0.717, 1.165) is 12.3 Å². The Hall–Kier alpha value is -0.390. The third-order valence-corrected chi connectivity index (χ3v) is 1.45. The van der Waals surface area contributed by atoms with Crippen LogP contribution in [0.5, 0.6) is 0 Å². The molecule has 0 aliphatic rings. The molecule has 1 heterocycles. The maximum Gasteiger partial charge on any atom is 0.410 e. The minimum Gasteiger partial charge on any atom is -0.466 e. The second kappa shape index (κ2) is 4.21. The fourth-order valence-electron chi connectivity index (χ4n) is 0.653. The zero-order chi connectivity index (χ0) is 9.35. The number of hydrogen-bond acceptors (Lipinski definition) is 2. The minimum absolute atomic E-state index is 0. The molecule has 0 spiro atoms. The summed E-state index contributed by atoms with van der Waals surface area (Å²) in [7, 11) is 0. The van der Waals surface area contributed by atoms with Gasteiger partial charge in [0.15, 0.2) is 6.04 Å². The quantitative estimate of drug-likeness (QED) is 0.814. The van der Waals surface area contributed by atoms with Crippen molar-refractivity contribution in [1.29, 1.82) is 0 Å². The van der Waals surface area contributed by atoms with Gasteiger partial charge in [-0.25, -0.2) is 0 Å². The van der Waals surface area contributed by atoms with Gasteiger partial charge in [0.05, 0.1) is 5.02 Å². The van der Waals surface area contributed by atoms with Crippen molar-refractivity contribution in [1.82, 2.24) is 0 Å². The highest BCUT2D eigenvalue weighted by atomic mass is 35.5. The van der Waals surface area contributed by atoms with E-state index in [1.54, 1.807) is 0 Å². The summed E-state index contributed by atoms with van der Waals surface area (Å²) in [5, 5.41) is 0.102. The Balaban J connectivity index is 0.00000144. The van der Waals surface area contributed by atoms with Crippen LogP contribution >= 0.6 is 24.0 Å². The van der Waals surface area contributed by atoms with Crippen molar-refractivity contribution >= 4 is 24.0 Å². The van der Waals surface area contributed by atoms with Crippen LogP contribution in [0.1, 0.15) is 11.8 Å². The van der Waals surface area contributed by atoms with Gasteiger partial charge >= 0.3 is 6.18 Å². The highest BCUT2D eigenvalue weighted by Crippen LogP contribution is 2.31. The Labute approximate surface area is 83.2 Å². The van der Waals surface area contributed by atoms with Crippen molar-refractivity contribution in [2.45, 2.75) is 12.2 Å². The lowest BCUT2D eigenvalue weighted by Gasteiger charge is -2.11. The van der Waals surface area contributed by atoms with Crippen LogP contribution in [0.4, 0.5) is 13.2 Å². The maximum atomic E-state index is 11.9. The van der Waals surface area contributed by atoms with E-state index in [1.807, 2.05) is 0 Å². The molecule has 0 aliphatic carbocycles. The topological polar surface area (TPSA) is 39.2 Å². The average molecular weight is 236 g/mol. The third kappa shape index (κ3) is 3.10. The normalized spacial score (nSPS) is 13.6. The molecule has 1 atom stereocenters. The predicted molar refractivity (Wildman–Crippen MR) is 43.9 cm³/mol. The third-order valence-electron chi connectivity index (χ3n) is 1.25. The van der Waals surface area contributed by atoms with E-state index in [4.69, 9.17) is 17.3 Å². The van der Waals surface area contributed by atoms with Crippen LogP contribution < -0.4 is 5.73 Å². The lowest BCUT2D eigenvalue weighted by molar-refractivity contribution is -0.152. The average Bonchev–Trinajstić information content (AvgIpc) is 2.32. The van der Waals surface area contributed by atoms with Gasteiger partial charge in [-0.1, -0.05) is 11.6 Å². The number of nitrogens with two attached hydrogens (primary N) is 1. The van der Waals surface area contributed by atoms with Crippen LogP contribution in [-0.2, 0) is 0 Å². The fraction of sp³-hybridized carbons (Fsp3) is 0.333. The molecule has 0 saturated carbocycles. The van der Waals surface area contributed by atoms with Crippen molar-refractivity contribution < 1.29 is 17.6 Å². The van der Waals surface area contributed by atoms with Gasteiger partial charge in [-0.2, -0.15) is 13.2 Å². The summed E-state index contributed by atoms with van der Waals surface area (Å²) in [6.45, 7) is 0. The monoisotopic (exact) mass is 235 g/mol. The van der Waals surface area contributed by atoms with E-state index in [-0.39, 0.29) is 23.2 Å². The van der Waals surface area contributed by atoms with E-state index in [1.165, 1.54) is 0 Å². The summed E-state index contributed by atoms with van der Waals surface area (Å²) in [6, 6.07) is -1.07. The second-order valence-electron chi connectivity index (χ2n) is 2.19. The van der Waals surface area contributed by atoms with Gasteiger partial charge in [0, 0.05) is 6.07 Å². The molecule has 0 aliphatic heterocycles. The lowest BCUT2D eigenvalue weighted by atomic mass is 10.2. The van der Waals surface area contributed by atoms with Crippen LogP contribution in [-0.4, -0.2) is 6.18 Å². The number of rotatable bonds is 1. The summed E-state index contributed by atoms with van der Waals surface area (Å²) in [5.41, 5.74) is 4.81. The molecule has 2 N–H and O–H groups in total. The SMILES string of the molecule is Cl.NC(c1cc(Cl)co1)C(F)(F)F. The molecular weight excluding hydrogens is 230 g/mol. The Bertz CT molecular complexity index is 273. The molecule has 1 aromatic heterocycles. The van der Waals surface area contributed by atoms with Crippen molar-refractivity contribution in [2.24, 2.45) is 5.73 Å². The maximum absolute atomic E-state index is 11.9. The summed E-state index contributed by atoms with van der Waals surface area (Å²) in [4.78, 5) is 0. The van der Waals surface area contributed by atoms with Gasteiger partial charge in [0.2, 0.25) is 0 Å². The Kier molecular flexibility index (Phi) is 4.09. The first-order chi connectivity index (χ1) is 5.41. The fourth-order valence-corrected chi connectivity index (χ4v) is 0.805. The van der Waals surface area contributed by atoms with Gasteiger partial charge in [-0.3, -0.25) is 0 Å². The second-order valence-corrected chi connectivity index (χ2v) is 2.62. The van der Waals surface area contributed by atoms with Gasteiger partial charge in [-0.05, 0) is 0 Å². The Morgan fingerprint density at radius 2 is 2.00 bits per heavy atom. The molecule has 0 radical (unpaired) electrons. The van der Waals surface area contributed by atoms with Gasteiger partial charge in [0.25, 0.3) is 0 Å². The summed E-state index contributed by atoms with van der Waals surface area (Å²) >= 11 is 5.34. The van der Waals surface area contributed by atoms with E-state index >= 15 is 0 Å². The number of alkyl halides is 3. The van der Waals surface area contributed by atoms with Crippen LogP contribution in [0.3, 0.4) is 0 Å².